The number of halogens is 1. The van der Waals surface area contributed by atoms with Crippen molar-refractivity contribution in [2.45, 2.75) is 31.8 Å². The molecular weight excluding hydrogens is 271 g/mol. The van der Waals surface area contributed by atoms with Gasteiger partial charge < -0.3 is 9.80 Å². The molecule has 1 aromatic heterocycles. The summed E-state index contributed by atoms with van der Waals surface area (Å²) in [6, 6.07) is 2.25. The minimum Gasteiger partial charge on any atom is -0.339 e. The monoisotopic (exact) mass is 294 g/mol. The molecule has 0 saturated carbocycles. The molecule has 0 radical (unpaired) electrons. The van der Waals surface area contributed by atoms with E-state index in [0.717, 1.165) is 39.0 Å². The number of likely N-dealkylation sites (tertiary alicyclic amines) is 2. The Morgan fingerprint density at radius 1 is 1.29 bits per heavy atom. The molecule has 1 atom stereocenters. The molecule has 1 unspecified atom stereocenters. The molecule has 0 bridgehead atoms. The first-order valence-electron chi connectivity index (χ1n) is 7.81. The van der Waals surface area contributed by atoms with Crippen molar-refractivity contribution < 1.29 is 9.18 Å². The van der Waals surface area contributed by atoms with Crippen LogP contribution in [-0.2, 0) is 11.3 Å². The Morgan fingerprint density at radius 2 is 2.10 bits per heavy atom. The molecule has 1 aromatic rings. The SMILES string of the molecule is O=C1CC(CF)CN1C1CCN(CCn2cccn2)CC1. The lowest BCUT2D eigenvalue weighted by molar-refractivity contribution is -0.130. The van der Waals surface area contributed by atoms with E-state index in [2.05, 4.69) is 10.00 Å². The Labute approximate surface area is 124 Å². The van der Waals surface area contributed by atoms with Crippen LogP contribution in [0.4, 0.5) is 4.39 Å². The number of carbonyl (C=O) groups is 1. The van der Waals surface area contributed by atoms with Crippen molar-refractivity contribution in [3.63, 3.8) is 0 Å². The molecule has 2 saturated heterocycles. The van der Waals surface area contributed by atoms with Gasteiger partial charge >= 0.3 is 0 Å². The van der Waals surface area contributed by atoms with Gasteiger partial charge in [0.15, 0.2) is 0 Å². The maximum Gasteiger partial charge on any atom is 0.223 e. The lowest BCUT2D eigenvalue weighted by Gasteiger charge is -2.36. The third-order valence-corrected chi connectivity index (χ3v) is 4.66. The molecular formula is C15H23FN4O. The van der Waals surface area contributed by atoms with E-state index in [1.807, 2.05) is 21.8 Å². The zero-order chi connectivity index (χ0) is 14.7. The van der Waals surface area contributed by atoms with Gasteiger partial charge in [0.05, 0.1) is 13.2 Å². The minimum atomic E-state index is -0.370. The van der Waals surface area contributed by atoms with Gasteiger partial charge in [-0.1, -0.05) is 0 Å². The maximum absolute atomic E-state index is 12.7. The van der Waals surface area contributed by atoms with Gasteiger partial charge in [0.1, 0.15) is 0 Å². The van der Waals surface area contributed by atoms with Gasteiger partial charge in [-0.15, -0.1) is 0 Å². The predicted octanol–water partition coefficient (Wildman–Crippen LogP) is 1.17. The number of alkyl halides is 1. The van der Waals surface area contributed by atoms with Crippen molar-refractivity contribution in [2.75, 3.05) is 32.9 Å². The van der Waals surface area contributed by atoms with Crippen LogP contribution in [0.2, 0.25) is 0 Å². The number of hydrogen-bond acceptors (Lipinski definition) is 3. The summed E-state index contributed by atoms with van der Waals surface area (Å²) in [5.74, 6) is 0.0722. The third kappa shape index (κ3) is 3.43. The van der Waals surface area contributed by atoms with Gasteiger partial charge in [-0.2, -0.15) is 5.10 Å². The fraction of sp³-hybridized carbons (Fsp3) is 0.733. The van der Waals surface area contributed by atoms with Crippen LogP contribution in [0.1, 0.15) is 19.3 Å². The van der Waals surface area contributed by atoms with Crippen molar-refractivity contribution in [3.05, 3.63) is 18.5 Å². The van der Waals surface area contributed by atoms with Crippen LogP contribution in [0.15, 0.2) is 18.5 Å². The molecule has 6 heteroatoms. The van der Waals surface area contributed by atoms with E-state index >= 15 is 0 Å². The minimum absolute atomic E-state index is 0.0738. The molecule has 2 fully saturated rings. The largest absolute Gasteiger partial charge is 0.339 e. The summed E-state index contributed by atoms with van der Waals surface area (Å²) in [6.07, 6.45) is 6.18. The van der Waals surface area contributed by atoms with Gasteiger partial charge in [0.2, 0.25) is 5.91 Å². The first-order valence-corrected chi connectivity index (χ1v) is 7.81. The number of aromatic nitrogens is 2. The Balaban J connectivity index is 1.43. The normalized spacial score (nSPS) is 24.9. The molecule has 0 aromatic carbocycles. The highest BCUT2D eigenvalue weighted by atomic mass is 19.1. The smallest absolute Gasteiger partial charge is 0.223 e. The molecule has 0 spiro atoms. The average molecular weight is 294 g/mol. The van der Waals surface area contributed by atoms with E-state index in [1.165, 1.54) is 0 Å². The summed E-state index contributed by atoms with van der Waals surface area (Å²) in [4.78, 5) is 16.3. The van der Waals surface area contributed by atoms with Gasteiger partial charge in [-0.3, -0.25) is 13.9 Å². The van der Waals surface area contributed by atoms with E-state index in [-0.39, 0.29) is 18.5 Å². The van der Waals surface area contributed by atoms with Gasteiger partial charge in [-0.25, -0.2) is 0 Å². The quantitative estimate of drug-likeness (QED) is 0.818. The molecule has 2 aliphatic heterocycles. The Morgan fingerprint density at radius 3 is 2.71 bits per heavy atom. The standard InChI is InChI=1S/C15H23FN4O/c16-11-13-10-15(21)20(12-13)14-2-6-18(7-3-14)8-9-19-5-1-4-17-19/h1,4-5,13-14H,2-3,6-12H2. The third-order valence-electron chi connectivity index (χ3n) is 4.66. The topological polar surface area (TPSA) is 41.4 Å². The molecule has 1 amide bonds. The van der Waals surface area contributed by atoms with E-state index in [4.69, 9.17) is 0 Å². The average Bonchev–Trinajstić information content (AvgIpc) is 3.15. The van der Waals surface area contributed by atoms with Crippen molar-refractivity contribution >= 4 is 5.91 Å². The van der Waals surface area contributed by atoms with Crippen LogP contribution in [0.25, 0.3) is 0 Å². The Hall–Kier alpha value is -1.43. The highest BCUT2D eigenvalue weighted by molar-refractivity contribution is 5.79. The van der Waals surface area contributed by atoms with Gasteiger partial charge in [0.25, 0.3) is 0 Å². The number of rotatable bonds is 5. The zero-order valence-electron chi connectivity index (χ0n) is 12.3. The number of hydrogen-bond donors (Lipinski definition) is 0. The molecule has 21 heavy (non-hydrogen) atoms. The molecule has 2 aliphatic rings. The summed E-state index contributed by atoms with van der Waals surface area (Å²) in [5.41, 5.74) is 0. The zero-order valence-corrected chi connectivity index (χ0v) is 12.3. The summed E-state index contributed by atoms with van der Waals surface area (Å²) in [5, 5.41) is 4.21. The maximum atomic E-state index is 12.7. The number of nitrogens with zero attached hydrogens (tertiary/aromatic N) is 4. The first-order chi connectivity index (χ1) is 10.3. The lowest BCUT2D eigenvalue weighted by atomic mass is 10.0. The van der Waals surface area contributed by atoms with Gasteiger partial charge in [0, 0.05) is 57.0 Å². The van der Waals surface area contributed by atoms with E-state index in [0.29, 0.717) is 19.0 Å². The number of amides is 1. The second-order valence-corrected chi connectivity index (χ2v) is 6.11. The molecule has 0 aliphatic carbocycles. The van der Waals surface area contributed by atoms with Gasteiger partial charge in [-0.05, 0) is 18.9 Å². The summed E-state index contributed by atoms with van der Waals surface area (Å²) >= 11 is 0. The van der Waals surface area contributed by atoms with Crippen LogP contribution in [-0.4, -0.2) is 64.4 Å². The van der Waals surface area contributed by atoms with E-state index in [9.17, 15) is 9.18 Å². The summed E-state index contributed by atoms with van der Waals surface area (Å²) in [6.45, 7) is 4.17. The predicted molar refractivity (Wildman–Crippen MR) is 77.5 cm³/mol. The first kappa shape index (κ1) is 14.5. The van der Waals surface area contributed by atoms with Crippen molar-refractivity contribution in [1.82, 2.24) is 19.6 Å². The van der Waals surface area contributed by atoms with E-state index < -0.39 is 0 Å². The lowest BCUT2D eigenvalue weighted by Crippen LogP contribution is -2.46. The Bertz CT molecular complexity index is 456. The highest BCUT2D eigenvalue weighted by Gasteiger charge is 2.35. The van der Waals surface area contributed by atoms with Crippen LogP contribution in [0.3, 0.4) is 0 Å². The summed E-state index contributed by atoms with van der Waals surface area (Å²) < 4.78 is 14.7. The molecule has 5 nitrogen and oxygen atoms in total. The second-order valence-electron chi connectivity index (χ2n) is 6.11. The number of carbonyl (C=O) groups excluding carboxylic acids is 1. The van der Waals surface area contributed by atoms with E-state index in [1.54, 1.807) is 6.20 Å². The van der Waals surface area contributed by atoms with Crippen molar-refractivity contribution in [1.29, 1.82) is 0 Å². The van der Waals surface area contributed by atoms with Crippen molar-refractivity contribution in [2.24, 2.45) is 5.92 Å². The van der Waals surface area contributed by atoms with Crippen LogP contribution in [0.5, 0.6) is 0 Å². The van der Waals surface area contributed by atoms with Crippen LogP contribution in [0, 0.1) is 5.92 Å². The van der Waals surface area contributed by atoms with Crippen LogP contribution < -0.4 is 0 Å². The molecule has 0 N–H and O–H groups in total. The molecule has 3 rings (SSSR count). The fourth-order valence-corrected chi connectivity index (χ4v) is 3.40. The Kier molecular flexibility index (Phi) is 4.53. The molecule has 3 heterocycles. The number of piperidine rings is 1. The fourth-order valence-electron chi connectivity index (χ4n) is 3.40. The van der Waals surface area contributed by atoms with Crippen molar-refractivity contribution in [3.8, 4) is 0 Å². The highest BCUT2D eigenvalue weighted by Crippen LogP contribution is 2.25. The van der Waals surface area contributed by atoms with Crippen LogP contribution >= 0.6 is 0 Å². The summed E-state index contributed by atoms with van der Waals surface area (Å²) in [7, 11) is 0. The molecule has 116 valence electrons. The second kappa shape index (κ2) is 6.56.